The van der Waals surface area contributed by atoms with E-state index in [9.17, 15) is 9.50 Å². The lowest BCUT2D eigenvalue weighted by Gasteiger charge is -2.32. The number of ether oxygens (including phenoxy) is 1. The number of nitrogens with two attached hydrogens (primary N) is 1. The molecule has 4 N–H and O–H groups in total. The van der Waals surface area contributed by atoms with Crippen molar-refractivity contribution in [1.82, 2.24) is 0 Å². The molecular formula is C13H21FN2O2. The van der Waals surface area contributed by atoms with E-state index < -0.39 is 11.4 Å². The number of nitrogen functional groups attached to an aromatic ring is 1. The molecule has 0 radical (unpaired) electrons. The zero-order valence-corrected chi connectivity index (χ0v) is 11.1. The first-order chi connectivity index (χ1) is 8.51. The van der Waals surface area contributed by atoms with Gasteiger partial charge in [-0.05, 0) is 12.8 Å². The first-order valence-corrected chi connectivity index (χ1v) is 6.04. The van der Waals surface area contributed by atoms with Crippen LogP contribution in [0.25, 0.3) is 0 Å². The Balaban J connectivity index is 3.10. The third-order valence-corrected chi connectivity index (χ3v) is 3.38. The van der Waals surface area contributed by atoms with Crippen molar-refractivity contribution in [3.05, 3.63) is 17.9 Å². The largest absolute Gasteiger partial charge is 0.495 e. The molecule has 1 aromatic rings. The number of anilines is 2. The van der Waals surface area contributed by atoms with Crippen LogP contribution in [0.3, 0.4) is 0 Å². The van der Waals surface area contributed by atoms with Gasteiger partial charge in [0.15, 0.2) is 0 Å². The summed E-state index contributed by atoms with van der Waals surface area (Å²) in [4.78, 5) is 0. The molecular weight excluding hydrogens is 235 g/mol. The second-order valence-corrected chi connectivity index (χ2v) is 4.34. The van der Waals surface area contributed by atoms with Crippen molar-refractivity contribution in [3.8, 4) is 5.75 Å². The number of aliphatic hydroxyl groups is 1. The Kier molecular flexibility index (Phi) is 4.78. The van der Waals surface area contributed by atoms with Gasteiger partial charge in [-0.1, -0.05) is 13.8 Å². The van der Waals surface area contributed by atoms with Crippen LogP contribution in [0.15, 0.2) is 12.1 Å². The van der Waals surface area contributed by atoms with E-state index in [0.29, 0.717) is 24.3 Å². The Labute approximate surface area is 107 Å². The van der Waals surface area contributed by atoms with Crippen molar-refractivity contribution in [2.45, 2.75) is 32.2 Å². The van der Waals surface area contributed by atoms with Crippen LogP contribution in [0.2, 0.25) is 0 Å². The fourth-order valence-corrected chi connectivity index (χ4v) is 1.82. The van der Waals surface area contributed by atoms with Crippen LogP contribution < -0.4 is 15.8 Å². The maximum absolute atomic E-state index is 13.8. The molecule has 0 aromatic heterocycles. The summed E-state index contributed by atoms with van der Waals surface area (Å²) >= 11 is 0. The summed E-state index contributed by atoms with van der Waals surface area (Å²) in [5.74, 6) is -0.0361. The van der Waals surface area contributed by atoms with E-state index in [1.54, 1.807) is 0 Å². The van der Waals surface area contributed by atoms with Gasteiger partial charge in [-0.25, -0.2) is 4.39 Å². The van der Waals surface area contributed by atoms with Gasteiger partial charge in [0.25, 0.3) is 0 Å². The average Bonchev–Trinajstić information content (AvgIpc) is 2.38. The lowest BCUT2D eigenvalue weighted by molar-refractivity contribution is 0.202. The number of aliphatic hydroxyl groups excluding tert-OH is 1. The van der Waals surface area contributed by atoms with Gasteiger partial charge in [0, 0.05) is 12.1 Å². The molecule has 1 aromatic carbocycles. The Morgan fingerprint density at radius 3 is 2.44 bits per heavy atom. The summed E-state index contributed by atoms with van der Waals surface area (Å²) in [6.07, 6.45) is 1.37. The third kappa shape index (κ3) is 2.85. The average molecular weight is 256 g/mol. The molecule has 102 valence electrons. The van der Waals surface area contributed by atoms with Gasteiger partial charge in [-0.3, -0.25) is 0 Å². The van der Waals surface area contributed by atoms with E-state index in [2.05, 4.69) is 5.32 Å². The van der Waals surface area contributed by atoms with Crippen molar-refractivity contribution >= 4 is 11.4 Å². The maximum Gasteiger partial charge on any atom is 0.148 e. The van der Waals surface area contributed by atoms with E-state index in [1.807, 2.05) is 13.8 Å². The fourth-order valence-electron chi connectivity index (χ4n) is 1.82. The summed E-state index contributed by atoms with van der Waals surface area (Å²) in [5, 5.41) is 12.5. The quantitative estimate of drug-likeness (QED) is 0.684. The lowest BCUT2D eigenvalue weighted by Crippen LogP contribution is -2.41. The third-order valence-electron chi connectivity index (χ3n) is 3.38. The first-order valence-electron chi connectivity index (χ1n) is 6.04. The van der Waals surface area contributed by atoms with Gasteiger partial charge in [0.2, 0.25) is 0 Å². The molecule has 1 rings (SSSR count). The van der Waals surface area contributed by atoms with Gasteiger partial charge in [0.05, 0.1) is 30.6 Å². The lowest BCUT2D eigenvalue weighted by atomic mass is 9.93. The number of halogens is 1. The maximum atomic E-state index is 13.8. The highest BCUT2D eigenvalue weighted by Crippen LogP contribution is 2.31. The van der Waals surface area contributed by atoms with Crippen LogP contribution in [0.1, 0.15) is 26.7 Å². The molecule has 0 unspecified atom stereocenters. The summed E-state index contributed by atoms with van der Waals surface area (Å²) in [7, 11) is 1.48. The second kappa shape index (κ2) is 5.91. The van der Waals surface area contributed by atoms with Crippen molar-refractivity contribution in [2.75, 3.05) is 24.8 Å². The topological polar surface area (TPSA) is 67.5 Å². The molecule has 0 bridgehead atoms. The summed E-state index contributed by atoms with van der Waals surface area (Å²) in [6.45, 7) is 3.82. The SMILES string of the molecule is CCC(CC)(CO)Nc1cc(OC)c(N)cc1F. The van der Waals surface area contributed by atoms with Gasteiger partial charge >= 0.3 is 0 Å². The monoisotopic (exact) mass is 256 g/mol. The van der Waals surface area contributed by atoms with E-state index in [-0.39, 0.29) is 12.3 Å². The molecule has 0 saturated carbocycles. The summed E-state index contributed by atoms with van der Waals surface area (Å²) in [6, 6.07) is 2.73. The number of hydrogen-bond donors (Lipinski definition) is 3. The summed E-state index contributed by atoms with van der Waals surface area (Å²) < 4.78 is 18.9. The van der Waals surface area contributed by atoms with Crippen molar-refractivity contribution in [3.63, 3.8) is 0 Å². The second-order valence-electron chi connectivity index (χ2n) is 4.34. The molecule has 5 heteroatoms. The van der Waals surface area contributed by atoms with Crippen molar-refractivity contribution in [2.24, 2.45) is 0 Å². The predicted molar refractivity (Wildman–Crippen MR) is 71.4 cm³/mol. The Hall–Kier alpha value is -1.49. The molecule has 18 heavy (non-hydrogen) atoms. The zero-order valence-electron chi connectivity index (χ0n) is 11.1. The van der Waals surface area contributed by atoms with E-state index in [0.717, 1.165) is 0 Å². The number of hydrogen-bond acceptors (Lipinski definition) is 4. The molecule has 0 aliphatic rings. The predicted octanol–water partition coefficient (Wildman–Crippen LogP) is 2.38. The number of methoxy groups -OCH3 is 1. The van der Waals surface area contributed by atoms with Crippen LogP contribution in [0.5, 0.6) is 5.75 Å². The van der Waals surface area contributed by atoms with Gasteiger partial charge in [-0.15, -0.1) is 0 Å². The normalized spacial score (nSPS) is 11.4. The minimum atomic E-state index is -0.526. The minimum absolute atomic E-state index is 0.0634. The summed E-state index contributed by atoms with van der Waals surface area (Å²) in [5.41, 5.74) is 5.64. The van der Waals surface area contributed by atoms with E-state index >= 15 is 0 Å². The van der Waals surface area contributed by atoms with E-state index in [1.165, 1.54) is 19.2 Å². The minimum Gasteiger partial charge on any atom is -0.495 e. The zero-order chi connectivity index (χ0) is 13.8. The highest BCUT2D eigenvalue weighted by Gasteiger charge is 2.26. The van der Waals surface area contributed by atoms with Crippen LogP contribution in [-0.2, 0) is 0 Å². The first kappa shape index (κ1) is 14.6. The molecule has 0 aliphatic heterocycles. The van der Waals surface area contributed by atoms with Crippen LogP contribution >= 0.6 is 0 Å². The molecule has 0 amide bonds. The molecule has 0 spiro atoms. The Morgan fingerprint density at radius 1 is 1.39 bits per heavy atom. The van der Waals surface area contributed by atoms with Crippen molar-refractivity contribution in [1.29, 1.82) is 0 Å². The molecule has 0 saturated heterocycles. The highest BCUT2D eigenvalue weighted by molar-refractivity contribution is 5.63. The number of rotatable bonds is 6. The van der Waals surface area contributed by atoms with Gasteiger partial charge in [-0.2, -0.15) is 0 Å². The fraction of sp³-hybridized carbons (Fsp3) is 0.538. The standard InChI is InChI=1S/C13H21FN2O2/c1-4-13(5-2,8-17)16-11-7-12(18-3)10(15)6-9(11)14/h6-7,16-17H,4-5,8,15H2,1-3H3. The molecule has 0 heterocycles. The number of nitrogens with one attached hydrogen (secondary N) is 1. The van der Waals surface area contributed by atoms with Gasteiger partial charge in [0.1, 0.15) is 11.6 Å². The van der Waals surface area contributed by atoms with Crippen LogP contribution in [0.4, 0.5) is 15.8 Å². The smallest absolute Gasteiger partial charge is 0.148 e. The molecule has 4 nitrogen and oxygen atoms in total. The van der Waals surface area contributed by atoms with E-state index in [4.69, 9.17) is 10.5 Å². The van der Waals surface area contributed by atoms with Crippen LogP contribution in [0, 0.1) is 5.82 Å². The molecule has 0 fully saturated rings. The van der Waals surface area contributed by atoms with Gasteiger partial charge < -0.3 is 20.9 Å². The number of benzene rings is 1. The molecule has 0 aliphatic carbocycles. The highest BCUT2D eigenvalue weighted by atomic mass is 19.1. The molecule has 0 atom stereocenters. The van der Waals surface area contributed by atoms with Crippen molar-refractivity contribution < 1.29 is 14.2 Å². The van der Waals surface area contributed by atoms with Crippen LogP contribution in [-0.4, -0.2) is 24.4 Å². The Bertz CT molecular complexity index is 398. The Morgan fingerprint density at radius 2 is 2.00 bits per heavy atom.